The van der Waals surface area contributed by atoms with E-state index >= 15 is 0 Å². The smallest absolute Gasteiger partial charge is 0.306 e. The maximum absolute atomic E-state index is 12.9. The number of hydrogen-bond acceptors (Lipinski definition) is 6. The Bertz CT molecular complexity index is 1440. The van der Waals surface area contributed by atoms with Crippen LogP contribution in [0.3, 0.4) is 0 Å². The van der Waals surface area contributed by atoms with E-state index in [2.05, 4.69) is 124 Å². The van der Waals surface area contributed by atoms with Gasteiger partial charge in [0.2, 0.25) is 0 Å². The number of unbranched alkanes of at least 4 members (excludes halogenated alkanes) is 22. The largest absolute Gasteiger partial charge is 0.462 e. The zero-order valence-corrected chi connectivity index (χ0v) is 45.5. The monoisotopic (exact) mass is 971 g/mol. The number of rotatable bonds is 51. The number of hydrogen-bond donors (Lipinski definition) is 0. The van der Waals surface area contributed by atoms with E-state index in [9.17, 15) is 14.4 Å². The lowest BCUT2D eigenvalue weighted by molar-refractivity contribution is -0.166. The van der Waals surface area contributed by atoms with E-state index in [1.54, 1.807) is 0 Å². The average molecular weight is 972 g/mol. The summed E-state index contributed by atoms with van der Waals surface area (Å²) in [5, 5.41) is 0. The van der Waals surface area contributed by atoms with Gasteiger partial charge >= 0.3 is 17.9 Å². The molecule has 0 N–H and O–H groups in total. The van der Waals surface area contributed by atoms with Crippen LogP contribution in [0.2, 0.25) is 0 Å². The fourth-order valence-electron chi connectivity index (χ4n) is 7.66. The first-order valence-corrected chi connectivity index (χ1v) is 28.9. The lowest BCUT2D eigenvalue weighted by atomic mass is 10.1. The molecule has 0 radical (unpaired) electrons. The first-order chi connectivity index (χ1) is 34.5. The fourth-order valence-corrected chi connectivity index (χ4v) is 7.66. The van der Waals surface area contributed by atoms with Crippen LogP contribution in [0.5, 0.6) is 0 Å². The average Bonchev–Trinajstić information content (AvgIpc) is 3.36. The molecule has 0 aliphatic carbocycles. The Balaban J connectivity index is 4.51. The van der Waals surface area contributed by atoms with Gasteiger partial charge in [-0.3, -0.25) is 14.4 Å². The first-order valence-electron chi connectivity index (χ1n) is 28.9. The summed E-state index contributed by atoms with van der Waals surface area (Å²) < 4.78 is 16.8. The summed E-state index contributed by atoms with van der Waals surface area (Å²) in [7, 11) is 0. The molecule has 0 aromatic rings. The molecule has 0 aromatic heterocycles. The second-order valence-electron chi connectivity index (χ2n) is 18.8. The van der Waals surface area contributed by atoms with Crippen molar-refractivity contribution in [2.45, 2.75) is 264 Å². The minimum atomic E-state index is -0.818. The van der Waals surface area contributed by atoms with E-state index in [1.165, 1.54) is 109 Å². The molecule has 6 heteroatoms. The highest BCUT2D eigenvalue weighted by molar-refractivity contribution is 5.71. The molecule has 0 amide bonds. The molecule has 1 unspecified atom stereocenters. The van der Waals surface area contributed by atoms with Crippen molar-refractivity contribution < 1.29 is 28.6 Å². The van der Waals surface area contributed by atoms with Gasteiger partial charge in [-0.05, 0) is 109 Å². The summed E-state index contributed by atoms with van der Waals surface area (Å²) >= 11 is 0. The van der Waals surface area contributed by atoms with Gasteiger partial charge in [-0.15, -0.1) is 0 Å². The van der Waals surface area contributed by atoms with Crippen molar-refractivity contribution in [3.05, 3.63) is 109 Å². The molecule has 0 saturated heterocycles. The van der Waals surface area contributed by atoms with Gasteiger partial charge in [-0.2, -0.15) is 0 Å². The van der Waals surface area contributed by atoms with E-state index in [0.29, 0.717) is 19.3 Å². The van der Waals surface area contributed by atoms with Crippen LogP contribution in [0.1, 0.15) is 258 Å². The number of allylic oxidation sites excluding steroid dienone is 18. The number of ether oxygens (including phenoxy) is 3. The van der Waals surface area contributed by atoms with Crippen LogP contribution in [0.4, 0.5) is 0 Å². The van der Waals surface area contributed by atoms with Gasteiger partial charge in [0, 0.05) is 19.3 Å². The zero-order chi connectivity index (χ0) is 50.7. The molecule has 0 bridgehead atoms. The van der Waals surface area contributed by atoms with E-state index in [1.807, 2.05) is 6.08 Å². The molecular weight excluding hydrogens is 865 g/mol. The van der Waals surface area contributed by atoms with Gasteiger partial charge in [0.25, 0.3) is 0 Å². The van der Waals surface area contributed by atoms with Crippen LogP contribution in [0.25, 0.3) is 0 Å². The first kappa shape index (κ1) is 66.1. The Morgan fingerprint density at radius 1 is 0.300 bits per heavy atom. The highest BCUT2D eigenvalue weighted by atomic mass is 16.6. The Labute approximate surface area is 431 Å². The summed E-state index contributed by atoms with van der Waals surface area (Å²) in [4.78, 5) is 38.1. The number of esters is 3. The maximum Gasteiger partial charge on any atom is 0.306 e. The molecule has 0 aromatic carbocycles. The molecule has 1 atom stereocenters. The molecular formula is C64H106O6. The van der Waals surface area contributed by atoms with Crippen molar-refractivity contribution in [3.8, 4) is 0 Å². The molecule has 0 spiro atoms. The normalized spacial score (nSPS) is 12.9. The SMILES string of the molecule is CC/C=C\C/C=C\C/C=C\C/C=C\C/C=C\C/C=C\CCC(=O)OCC(COC(=O)CCCCCCC/C=C\C/C=C\CCCC)OC(=O)CCCCCCCCCCC/C=C\CCCCCCCC. The minimum Gasteiger partial charge on any atom is -0.462 e. The maximum atomic E-state index is 12.9. The van der Waals surface area contributed by atoms with Gasteiger partial charge < -0.3 is 14.2 Å². The second kappa shape index (κ2) is 57.6. The van der Waals surface area contributed by atoms with Crippen LogP contribution < -0.4 is 0 Å². The van der Waals surface area contributed by atoms with Gasteiger partial charge in [0.1, 0.15) is 13.2 Å². The predicted octanol–water partition coefficient (Wildman–Crippen LogP) is 19.5. The second-order valence-corrected chi connectivity index (χ2v) is 18.8. The Morgan fingerprint density at radius 2 is 0.600 bits per heavy atom. The highest BCUT2D eigenvalue weighted by Gasteiger charge is 2.19. The van der Waals surface area contributed by atoms with E-state index in [4.69, 9.17) is 14.2 Å². The van der Waals surface area contributed by atoms with Crippen LogP contribution in [0, 0.1) is 0 Å². The minimum absolute atomic E-state index is 0.111. The third-order valence-corrected chi connectivity index (χ3v) is 12.0. The lowest BCUT2D eigenvalue weighted by Crippen LogP contribution is -2.30. The summed E-state index contributed by atoms with van der Waals surface area (Å²) in [5.41, 5.74) is 0. The molecule has 0 fully saturated rings. The van der Waals surface area contributed by atoms with Crippen LogP contribution in [-0.4, -0.2) is 37.2 Å². The van der Waals surface area contributed by atoms with Crippen molar-refractivity contribution >= 4 is 17.9 Å². The van der Waals surface area contributed by atoms with Crippen molar-refractivity contribution in [1.29, 1.82) is 0 Å². The third kappa shape index (κ3) is 55.0. The van der Waals surface area contributed by atoms with E-state index in [0.717, 1.165) is 103 Å². The van der Waals surface area contributed by atoms with Gasteiger partial charge in [0.05, 0.1) is 0 Å². The number of carbonyl (C=O) groups is 3. The molecule has 0 saturated carbocycles. The summed E-state index contributed by atoms with van der Waals surface area (Å²) in [6, 6.07) is 0. The molecule has 398 valence electrons. The molecule has 0 heterocycles. The van der Waals surface area contributed by atoms with Crippen LogP contribution in [-0.2, 0) is 28.6 Å². The Hall–Kier alpha value is -3.93. The predicted molar refractivity (Wildman–Crippen MR) is 302 cm³/mol. The number of carbonyl (C=O) groups excluding carboxylic acids is 3. The van der Waals surface area contributed by atoms with Crippen molar-refractivity contribution in [2.24, 2.45) is 0 Å². The molecule has 6 nitrogen and oxygen atoms in total. The van der Waals surface area contributed by atoms with Crippen molar-refractivity contribution in [1.82, 2.24) is 0 Å². The Kier molecular flexibility index (Phi) is 54.4. The quantitative estimate of drug-likeness (QED) is 0.0262. The lowest BCUT2D eigenvalue weighted by Gasteiger charge is -2.18. The highest BCUT2D eigenvalue weighted by Crippen LogP contribution is 2.14. The molecule has 70 heavy (non-hydrogen) atoms. The van der Waals surface area contributed by atoms with Gasteiger partial charge in [-0.1, -0.05) is 239 Å². The van der Waals surface area contributed by atoms with E-state index in [-0.39, 0.29) is 37.5 Å². The van der Waals surface area contributed by atoms with Gasteiger partial charge in [0.15, 0.2) is 6.10 Å². The Morgan fingerprint density at radius 3 is 1.01 bits per heavy atom. The van der Waals surface area contributed by atoms with E-state index < -0.39 is 6.10 Å². The fraction of sp³-hybridized carbons (Fsp3) is 0.672. The van der Waals surface area contributed by atoms with Gasteiger partial charge in [-0.25, -0.2) is 0 Å². The van der Waals surface area contributed by atoms with Crippen molar-refractivity contribution in [2.75, 3.05) is 13.2 Å². The molecule has 0 aliphatic rings. The van der Waals surface area contributed by atoms with Crippen LogP contribution >= 0.6 is 0 Å². The van der Waals surface area contributed by atoms with Crippen LogP contribution in [0.15, 0.2) is 109 Å². The standard InChI is InChI=1S/C64H106O6/c1-4-7-10-13-16-19-22-25-28-30-32-34-36-39-42-45-48-51-54-57-63(66)69-60-61(59-68-62(65)56-53-50-47-44-41-38-27-24-21-18-15-12-9-6-3)70-64(67)58-55-52-49-46-43-40-37-35-33-31-29-26-23-20-17-14-11-8-5-2/h7,10,15-16,18-19,24-29,32,34,39,42,48,51,61H,4-6,8-9,11-14,17,20-23,30-31,33,35-38,40-41,43-47,49-50,52-60H2,1-3H3/b10-7-,18-15-,19-16-,27-24-,28-25-,29-26-,34-32-,42-39-,51-48-. The molecule has 0 aliphatic heterocycles. The summed E-state index contributed by atoms with van der Waals surface area (Å²) in [5.74, 6) is -1.01. The third-order valence-electron chi connectivity index (χ3n) is 12.0. The van der Waals surface area contributed by atoms with Crippen molar-refractivity contribution in [3.63, 3.8) is 0 Å². The summed E-state index contributed by atoms with van der Waals surface area (Å²) in [6.07, 6.45) is 78.0. The molecule has 0 rings (SSSR count). The topological polar surface area (TPSA) is 78.9 Å². The zero-order valence-electron chi connectivity index (χ0n) is 45.5. The summed E-state index contributed by atoms with van der Waals surface area (Å²) in [6.45, 7) is 6.41.